The number of aliphatic carboxylic acids is 1. The van der Waals surface area contributed by atoms with E-state index < -0.39 is 23.1 Å². The molecule has 0 bridgehead atoms. The lowest BCUT2D eigenvalue weighted by Crippen LogP contribution is -2.38. The van der Waals surface area contributed by atoms with Crippen LogP contribution in [0.3, 0.4) is 0 Å². The van der Waals surface area contributed by atoms with Crippen molar-refractivity contribution in [1.82, 2.24) is 5.32 Å². The number of nitrogen functional groups attached to an aromatic ring is 1. The summed E-state index contributed by atoms with van der Waals surface area (Å²) in [6.07, 6.45) is 0. The second-order valence-corrected chi connectivity index (χ2v) is 4.61. The molecule has 4 N–H and O–H groups in total. The van der Waals surface area contributed by atoms with Crippen LogP contribution < -0.4 is 11.1 Å². The van der Waals surface area contributed by atoms with E-state index in [0.717, 1.165) is 6.07 Å². The third-order valence-electron chi connectivity index (χ3n) is 2.53. The zero-order valence-electron chi connectivity index (χ0n) is 10.2. The zero-order chi connectivity index (χ0) is 13.9. The molecule has 0 aliphatic rings. The summed E-state index contributed by atoms with van der Waals surface area (Å²) >= 11 is 0. The van der Waals surface area contributed by atoms with Crippen molar-refractivity contribution in [1.29, 1.82) is 0 Å². The molecule has 0 saturated carbocycles. The van der Waals surface area contributed by atoms with Gasteiger partial charge in [0.2, 0.25) is 0 Å². The van der Waals surface area contributed by atoms with Crippen molar-refractivity contribution in [2.24, 2.45) is 5.41 Å². The summed E-state index contributed by atoms with van der Waals surface area (Å²) in [5.74, 6) is -2.24. The Kier molecular flexibility index (Phi) is 3.90. The first-order valence-corrected chi connectivity index (χ1v) is 5.30. The molecule has 98 valence electrons. The minimum atomic E-state index is -1.08. The van der Waals surface area contributed by atoms with Crippen LogP contribution in [0.5, 0.6) is 0 Å². The molecule has 18 heavy (non-hydrogen) atoms. The average Bonchev–Trinajstić information content (AvgIpc) is 2.29. The molecular weight excluding hydrogens is 239 g/mol. The summed E-state index contributed by atoms with van der Waals surface area (Å²) in [6, 6.07) is 3.67. The number of anilines is 1. The highest BCUT2D eigenvalue weighted by atomic mass is 19.1. The Morgan fingerprint density at radius 1 is 1.44 bits per heavy atom. The van der Waals surface area contributed by atoms with Crippen LogP contribution in [-0.2, 0) is 4.79 Å². The maximum absolute atomic E-state index is 13.1. The minimum absolute atomic E-state index is 0.0441. The number of amides is 1. The molecule has 0 fully saturated rings. The molecule has 0 aliphatic heterocycles. The largest absolute Gasteiger partial charge is 0.481 e. The van der Waals surface area contributed by atoms with Crippen LogP contribution in [0.1, 0.15) is 24.2 Å². The zero-order valence-corrected chi connectivity index (χ0v) is 10.2. The second kappa shape index (κ2) is 5.03. The SMILES string of the molecule is CC(C)(CNC(=O)c1ccc(N)c(F)c1)C(=O)O. The summed E-state index contributed by atoms with van der Waals surface area (Å²) in [6.45, 7) is 2.92. The molecule has 1 amide bonds. The van der Waals surface area contributed by atoms with E-state index in [1.54, 1.807) is 0 Å². The van der Waals surface area contributed by atoms with Crippen LogP contribution in [0.15, 0.2) is 18.2 Å². The third-order valence-corrected chi connectivity index (χ3v) is 2.53. The summed E-state index contributed by atoms with van der Waals surface area (Å²) < 4.78 is 13.1. The molecule has 1 aromatic carbocycles. The fraction of sp³-hybridized carbons (Fsp3) is 0.333. The van der Waals surface area contributed by atoms with Crippen molar-refractivity contribution in [3.63, 3.8) is 0 Å². The Balaban J connectivity index is 2.72. The molecule has 1 aromatic rings. The van der Waals surface area contributed by atoms with Gasteiger partial charge >= 0.3 is 5.97 Å². The number of carbonyl (C=O) groups excluding carboxylic acids is 1. The van der Waals surface area contributed by atoms with E-state index in [0.29, 0.717) is 0 Å². The van der Waals surface area contributed by atoms with Crippen LogP contribution in [0, 0.1) is 11.2 Å². The van der Waals surface area contributed by atoms with Gasteiger partial charge in [-0.05, 0) is 32.0 Å². The van der Waals surface area contributed by atoms with E-state index in [1.807, 2.05) is 0 Å². The first-order chi connectivity index (χ1) is 8.24. The number of hydrogen-bond acceptors (Lipinski definition) is 3. The van der Waals surface area contributed by atoms with E-state index in [1.165, 1.54) is 26.0 Å². The van der Waals surface area contributed by atoms with Crippen LogP contribution in [0.4, 0.5) is 10.1 Å². The summed E-state index contributed by atoms with van der Waals surface area (Å²) in [7, 11) is 0. The third kappa shape index (κ3) is 3.19. The number of benzene rings is 1. The van der Waals surface area contributed by atoms with E-state index in [-0.39, 0.29) is 17.8 Å². The molecular formula is C12H15FN2O3. The number of nitrogens with one attached hydrogen (secondary N) is 1. The minimum Gasteiger partial charge on any atom is -0.481 e. The molecule has 0 spiro atoms. The molecule has 1 rings (SSSR count). The van der Waals surface area contributed by atoms with E-state index in [9.17, 15) is 14.0 Å². The van der Waals surface area contributed by atoms with Gasteiger partial charge < -0.3 is 16.2 Å². The van der Waals surface area contributed by atoms with Crippen molar-refractivity contribution in [2.75, 3.05) is 12.3 Å². The first kappa shape index (κ1) is 14.0. The van der Waals surface area contributed by atoms with Gasteiger partial charge in [-0.2, -0.15) is 0 Å². The summed E-state index contributed by atoms with van der Waals surface area (Å²) in [5, 5.41) is 11.3. The normalized spacial score (nSPS) is 11.1. The van der Waals surface area contributed by atoms with Crippen molar-refractivity contribution >= 4 is 17.6 Å². The van der Waals surface area contributed by atoms with Gasteiger partial charge in [-0.3, -0.25) is 9.59 Å². The number of rotatable bonds is 4. The lowest BCUT2D eigenvalue weighted by Gasteiger charge is -2.19. The highest BCUT2D eigenvalue weighted by molar-refractivity contribution is 5.94. The fourth-order valence-electron chi connectivity index (χ4n) is 1.15. The molecule has 0 saturated heterocycles. The molecule has 0 radical (unpaired) electrons. The van der Waals surface area contributed by atoms with Gasteiger partial charge in [-0.25, -0.2) is 4.39 Å². The molecule has 5 nitrogen and oxygen atoms in total. The fourth-order valence-corrected chi connectivity index (χ4v) is 1.15. The van der Waals surface area contributed by atoms with Gasteiger partial charge in [0, 0.05) is 12.1 Å². The maximum Gasteiger partial charge on any atom is 0.310 e. The van der Waals surface area contributed by atoms with Crippen molar-refractivity contribution in [3.05, 3.63) is 29.6 Å². The number of hydrogen-bond donors (Lipinski definition) is 3. The Hall–Kier alpha value is -2.11. The standard InChI is InChI=1S/C12H15FN2O3/c1-12(2,11(17)18)6-15-10(16)7-3-4-9(14)8(13)5-7/h3-5H,6,14H2,1-2H3,(H,15,16)(H,17,18). The van der Waals surface area contributed by atoms with Crippen LogP contribution in [-0.4, -0.2) is 23.5 Å². The molecule has 0 atom stereocenters. The maximum atomic E-state index is 13.1. The van der Waals surface area contributed by atoms with Gasteiger partial charge in [0.05, 0.1) is 11.1 Å². The van der Waals surface area contributed by atoms with Crippen molar-refractivity contribution in [2.45, 2.75) is 13.8 Å². The van der Waals surface area contributed by atoms with E-state index in [2.05, 4.69) is 5.32 Å². The van der Waals surface area contributed by atoms with Crippen molar-refractivity contribution in [3.8, 4) is 0 Å². The van der Waals surface area contributed by atoms with Crippen LogP contribution in [0.25, 0.3) is 0 Å². The predicted octanol–water partition coefficient (Wildman–Crippen LogP) is 1.25. The highest BCUT2D eigenvalue weighted by Crippen LogP contribution is 2.15. The Morgan fingerprint density at radius 2 is 2.06 bits per heavy atom. The van der Waals surface area contributed by atoms with Gasteiger partial charge in [-0.1, -0.05) is 0 Å². The molecule has 0 unspecified atom stereocenters. The number of nitrogens with two attached hydrogens (primary N) is 1. The second-order valence-electron chi connectivity index (χ2n) is 4.61. The monoisotopic (exact) mass is 254 g/mol. The van der Waals surface area contributed by atoms with Gasteiger partial charge in [0.1, 0.15) is 5.82 Å². The first-order valence-electron chi connectivity index (χ1n) is 5.30. The highest BCUT2D eigenvalue weighted by Gasteiger charge is 2.27. The average molecular weight is 254 g/mol. The smallest absolute Gasteiger partial charge is 0.310 e. The summed E-state index contributed by atoms with van der Waals surface area (Å²) in [4.78, 5) is 22.5. The molecule has 6 heteroatoms. The van der Waals surface area contributed by atoms with E-state index in [4.69, 9.17) is 10.8 Å². The molecule has 0 aliphatic carbocycles. The van der Waals surface area contributed by atoms with Gasteiger partial charge in [0.25, 0.3) is 5.91 Å². The van der Waals surface area contributed by atoms with Crippen LogP contribution in [0.2, 0.25) is 0 Å². The quantitative estimate of drug-likeness (QED) is 0.705. The topological polar surface area (TPSA) is 92.4 Å². The predicted molar refractivity (Wildman–Crippen MR) is 64.6 cm³/mol. The van der Waals surface area contributed by atoms with Crippen LogP contribution >= 0.6 is 0 Å². The number of halogens is 1. The Morgan fingerprint density at radius 3 is 2.56 bits per heavy atom. The van der Waals surface area contributed by atoms with Gasteiger partial charge in [0.15, 0.2) is 0 Å². The van der Waals surface area contributed by atoms with E-state index >= 15 is 0 Å². The molecule has 0 heterocycles. The lowest BCUT2D eigenvalue weighted by molar-refractivity contribution is -0.146. The Labute approximate surface area is 104 Å². The number of carboxylic acid groups (broad SMARTS) is 1. The number of carboxylic acids is 1. The molecule has 0 aromatic heterocycles. The van der Waals surface area contributed by atoms with Gasteiger partial charge in [-0.15, -0.1) is 0 Å². The van der Waals surface area contributed by atoms with Crippen molar-refractivity contribution < 1.29 is 19.1 Å². The summed E-state index contributed by atoms with van der Waals surface area (Å²) in [5.41, 5.74) is 4.26. The lowest BCUT2D eigenvalue weighted by atomic mass is 9.94. The number of carbonyl (C=O) groups is 2. The Bertz CT molecular complexity index is 486.